The van der Waals surface area contributed by atoms with Gasteiger partial charge in [-0.2, -0.15) is 0 Å². The Hall–Kier alpha value is -2.98. The Morgan fingerprint density at radius 3 is 2.06 bits per heavy atom. The van der Waals surface area contributed by atoms with Gasteiger partial charge >= 0.3 is 13.6 Å². The molecule has 12 heteroatoms. The normalized spacial score (nSPS) is 25.4. The van der Waals surface area contributed by atoms with Crippen molar-refractivity contribution >= 4 is 13.6 Å². The molecule has 5 rings (SSSR count). The van der Waals surface area contributed by atoms with Crippen LogP contribution in [0.15, 0.2) is 24.3 Å². The molecule has 4 atom stereocenters. The minimum atomic E-state index is -3.87. The number of esters is 1. The van der Waals surface area contributed by atoms with E-state index in [1.54, 1.807) is 24.3 Å². The maximum Gasteiger partial charge on any atom is 0.337 e. The first-order chi connectivity index (χ1) is 17.3. The average Bonchev–Trinajstić information content (AvgIpc) is 3.61. The van der Waals surface area contributed by atoms with Crippen molar-refractivity contribution in [2.24, 2.45) is 5.92 Å². The van der Waals surface area contributed by atoms with Crippen LogP contribution in [0.3, 0.4) is 0 Å². The molecule has 2 aromatic rings. The molecule has 1 saturated heterocycles. The first kappa shape index (κ1) is 24.7. The summed E-state index contributed by atoms with van der Waals surface area (Å²) in [5, 5.41) is 0. The van der Waals surface area contributed by atoms with E-state index in [-0.39, 0.29) is 6.79 Å². The van der Waals surface area contributed by atoms with E-state index >= 15 is 0 Å². The quantitative estimate of drug-likeness (QED) is 0.375. The summed E-state index contributed by atoms with van der Waals surface area (Å²) in [4.78, 5) is 13.5. The monoisotopic (exact) mass is 522 g/mol. The molecular weight excluding hydrogens is 495 g/mol. The van der Waals surface area contributed by atoms with Crippen LogP contribution in [0.1, 0.15) is 22.8 Å². The third-order valence-corrected chi connectivity index (χ3v) is 9.39. The molecule has 0 radical (unpaired) electrons. The highest BCUT2D eigenvalue weighted by atomic mass is 31.2. The second-order valence-corrected chi connectivity index (χ2v) is 10.8. The number of hydrogen-bond acceptors (Lipinski definition) is 11. The second-order valence-electron chi connectivity index (χ2n) is 8.38. The molecule has 36 heavy (non-hydrogen) atoms. The number of carbonyl (C=O) groups is 1. The van der Waals surface area contributed by atoms with Crippen LogP contribution in [0, 0.1) is 5.92 Å². The molecule has 3 heterocycles. The Morgan fingerprint density at radius 1 is 0.917 bits per heavy atom. The van der Waals surface area contributed by atoms with Crippen molar-refractivity contribution in [3.05, 3.63) is 41.0 Å². The van der Waals surface area contributed by atoms with Gasteiger partial charge in [0.25, 0.3) is 0 Å². The minimum absolute atomic E-state index is 0.0550. The van der Waals surface area contributed by atoms with Crippen molar-refractivity contribution in [1.29, 1.82) is 0 Å². The molecule has 11 nitrogen and oxygen atoms in total. The van der Waals surface area contributed by atoms with Gasteiger partial charge in [-0.1, -0.05) is 0 Å². The molecule has 0 saturated carbocycles. The molecule has 3 aliphatic rings. The number of fused-ring (bicyclic) bond motifs is 6. The van der Waals surface area contributed by atoms with Crippen LogP contribution in [-0.2, 0) is 33.5 Å². The maximum atomic E-state index is 13.9. The lowest BCUT2D eigenvalue weighted by Crippen LogP contribution is -2.44. The Kier molecular flexibility index (Phi) is 6.07. The summed E-state index contributed by atoms with van der Waals surface area (Å²) in [6.07, 6.45) is -0.844. The van der Waals surface area contributed by atoms with Crippen LogP contribution in [0.25, 0.3) is 0 Å². The van der Waals surface area contributed by atoms with E-state index < -0.39 is 36.8 Å². The highest BCUT2D eigenvalue weighted by Gasteiger charge is 2.71. The van der Waals surface area contributed by atoms with Crippen molar-refractivity contribution in [2.75, 3.05) is 49.5 Å². The first-order valence-electron chi connectivity index (χ1n) is 11.0. The topological polar surface area (TPSA) is 117 Å². The predicted octanol–water partition coefficient (Wildman–Crippen LogP) is 3.41. The van der Waals surface area contributed by atoms with Crippen LogP contribution in [-0.4, -0.2) is 61.1 Å². The number of benzene rings is 2. The number of hydrogen-bond donors (Lipinski definition) is 0. The van der Waals surface area contributed by atoms with Crippen molar-refractivity contribution in [3.8, 4) is 28.7 Å². The smallest absolute Gasteiger partial charge is 0.337 e. The Bertz CT molecular complexity index is 1230. The van der Waals surface area contributed by atoms with Gasteiger partial charge in [0, 0.05) is 14.2 Å². The number of rotatable bonds is 8. The van der Waals surface area contributed by atoms with E-state index in [1.807, 2.05) is 0 Å². The molecule has 2 bridgehead atoms. The van der Waals surface area contributed by atoms with Gasteiger partial charge in [0.15, 0.2) is 23.0 Å². The fraction of sp³-hybridized carbons (Fsp3) is 0.458. The number of methoxy groups -OCH3 is 4. The fourth-order valence-electron chi connectivity index (χ4n) is 5.55. The van der Waals surface area contributed by atoms with Gasteiger partial charge in [0.2, 0.25) is 12.5 Å². The summed E-state index contributed by atoms with van der Waals surface area (Å²) in [5.41, 5.74) is -0.690. The molecule has 0 spiro atoms. The van der Waals surface area contributed by atoms with Gasteiger partial charge in [-0.15, -0.1) is 0 Å². The summed E-state index contributed by atoms with van der Waals surface area (Å²) in [6, 6.07) is 6.94. The molecule has 2 aromatic carbocycles. The minimum Gasteiger partial charge on any atom is -0.493 e. The zero-order valence-corrected chi connectivity index (χ0v) is 21.6. The molecule has 0 unspecified atom stereocenters. The van der Waals surface area contributed by atoms with Crippen LogP contribution >= 0.6 is 7.60 Å². The number of ether oxygens (including phenoxy) is 7. The lowest BCUT2D eigenvalue weighted by Gasteiger charge is -2.38. The Morgan fingerprint density at radius 2 is 1.53 bits per heavy atom. The Labute approximate surface area is 207 Å². The molecular formula is C24H27O11P. The third-order valence-electron chi connectivity index (χ3n) is 7.08. The van der Waals surface area contributed by atoms with E-state index in [4.69, 9.17) is 42.2 Å². The van der Waals surface area contributed by atoms with E-state index in [9.17, 15) is 9.36 Å². The van der Waals surface area contributed by atoms with E-state index in [0.29, 0.717) is 45.4 Å². The van der Waals surface area contributed by atoms with Gasteiger partial charge in [0.05, 0.1) is 34.5 Å². The number of carbonyl (C=O) groups excluding carboxylic acids is 1. The highest BCUT2D eigenvalue weighted by Crippen LogP contribution is 2.73. The summed E-state index contributed by atoms with van der Waals surface area (Å²) in [7, 11) is 4.41. The Balaban J connectivity index is 1.85. The third kappa shape index (κ3) is 3.16. The summed E-state index contributed by atoms with van der Waals surface area (Å²) < 4.78 is 64.4. The fourth-order valence-corrected chi connectivity index (χ4v) is 7.43. The molecule has 1 fully saturated rings. The average molecular weight is 522 g/mol. The summed E-state index contributed by atoms with van der Waals surface area (Å²) in [6.45, 7) is 0.0550. The van der Waals surface area contributed by atoms with E-state index in [1.165, 1.54) is 42.7 Å². The molecule has 0 N–H and O–H groups in total. The maximum absolute atomic E-state index is 13.9. The summed E-state index contributed by atoms with van der Waals surface area (Å²) in [5.74, 6) is 0.321. The molecule has 194 valence electrons. The largest absolute Gasteiger partial charge is 0.493 e. The summed E-state index contributed by atoms with van der Waals surface area (Å²) >= 11 is 0. The van der Waals surface area contributed by atoms with Crippen LogP contribution in [0.4, 0.5) is 0 Å². The predicted molar refractivity (Wildman–Crippen MR) is 124 cm³/mol. The molecule has 3 aliphatic heterocycles. The molecule has 0 aliphatic carbocycles. The van der Waals surface area contributed by atoms with Crippen LogP contribution in [0.2, 0.25) is 0 Å². The standard InChI is InChI=1S/C24H27O11P/c1-27-17-7-12(8-18(28-2)21(17)29-3)24-14-10-16-15(33-11-34-16)9-13(14)20(35-24)22(19(24)23(25)30-4)36(26,31-5)32-6/h7-10,19-20,22H,11H2,1-6H3/t19-,20-,22+,24+/m1/s1. The van der Waals surface area contributed by atoms with Crippen molar-refractivity contribution < 1.29 is 51.6 Å². The second kappa shape index (κ2) is 8.85. The zero-order valence-electron chi connectivity index (χ0n) is 20.7. The lowest BCUT2D eigenvalue weighted by molar-refractivity contribution is -0.150. The SMILES string of the molecule is COC(=O)[C@H]1[C@H](P(=O)(OC)OC)[C@@H]2O[C@@]1(c1cc(OC)c(OC)c(OC)c1)c1cc3c(cc12)OCO3. The highest BCUT2D eigenvalue weighted by molar-refractivity contribution is 7.54. The lowest BCUT2D eigenvalue weighted by atomic mass is 9.70. The van der Waals surface area contributed by atoms with E-state index in [2.05, 4.69) is 0 Å². The van der Waals surface area contributed by atoms with Gasteiger partial charge in [-0.05, 0) is 41.0 Å². The first-order valence-corrected chi connectivity index (χ1v) is 12.7. The van der Waals surface area contributed by atoms with Crippen LogP contribution in [0.5, 0.6) is 28.7 Å². The van der Waals surface area contributed by atoms with Crippen molar-refractivity contribution in [2.45, 2.75) is 17.4 Å². The van der Waals surface area contributed by atoms with Crippen molar-refractivity contribution in [1.82, 2.24) is 0 Å². The zero-order chi connectivity index (χ0) is 25.8. The van der Waals surface area contributed by atoms with Gasteiger partial charge in [0.1, 0.15) is 17.2 Å². The molecule has 0 aromatic heterocycles. The van der Waals surface area contributed by atoms with Gasteiger partial charge in [-0.25, -0.2) is 0 Å². The van der Waals surface area contributed by atoms with Crippen LogP contribution < -0.4 is 23.7 Å². The van der Waals surface area contributed by atoms with E-state index in [0.717, 1.165) is 0 Å². The van der Waals surface area contributed by atoms with Gasteiger partial charge < -0.3 is 42.2 Å². The van der Waals surface area contributed by atoms with Gasteiger partial charge in [-0.3, -0.25) is 9.36 Å². The van der Waals surface area contributed by atoms with Crippen molar-refractivity contribution in [3.63, 3.8) is 0 Å². The molecule has 0 amide bonds.